The number of benzene rings is 1. The molecule has 3 N–H and O–H groups in total. The summed E-state index contributed by atoms with van der Waals surface area (Å²) >= 11 is 0. The molecule has 0 saturated carbocycles. The van der Waals surface area contributed by atoms with Gasteiger partial charge in [-0.15, -0.1) is 0 Å². The van der Waals surface area contributed by atoms with Crippen molar-refractivity contribution in [1.82, 2.24) is 4.90 Å². The molecule has 0 saturated heterocycles. The molecule has 4 nitrogen and oxygen atoms in total. The van der Waals surface area contributed by atoms with Gasteiger partial charge in [0.05, 0.1) is 6.42 Å². The highest BCUT2D eigenvalue weighted by Crippen LogP contribution is 2.11. The first-order chi connectivity index (χ1) is 8.38. The van der Waals surface area contributed by atoms with Crippen LogP contribution in [0.15, 0.2) is 18.2 Å². The predicted octanol–water partition coefficient (Wildman–Crippen LogP) is 1.37. The number of hydrogen-bond donors (Lipinski definition) is 2. The molecule has 1 atom stereocenters. The van der Waals surface area contributed by atoms with Crippen LogP contribution in [0.5, 0.6) is 0 Å². The van der Waals surface area contributed by atoms with Gasteiger partial charge in [0, 0.05) is 19.1 Å². The molecular weight excluding hydrogens is 235 g/mol. The Balaban J connectivity index is 2.51. The summed E-state index contributed by atoms with van der Waals surface area (Å²) in [5, 5.41) is 8.61. The molecule has 18 heavy (non-hydrogen) atoms. The molecule has 0 aliphatic carbocycles. The summed E-state index contributed by atoms with van der Waals surface area (Å²) in [7, 11) is 1.86. The summed E-state index contributed by atoms with van der Waals surface area (Å²) in [6.07, 6.45) is -0.0488. The number of aryl methyl sites for hydroxylation is 1. The van der Waals surface area contributed by atoms with E-state index in [0.29, 0.717) is 18.7 Å². The molecule has 0 aliphatic heterocycles. The van der Waals surface area contributed by atoms with Gasteiger partial charge >= 0.3 is 5.97 Å². The number of likely N-dealkylation sites (N-methyl/N-ethyl adjacent to an activating group) is 1. The lowest BCUT2D eigenvalue weighted by molar-refractivity contribution is -0.137. The Kier molecular flexibility index (Phi) is 5.25. The first-order valence-electron chi connectivity index (χ1n) is 5.79. The lowest BCUT2D eigenvalue weighted by Crippen LogP contribution is -2.36. The highest BCUT2D eigenvalue weighted by molar-refractivity contribution is 5.67. The number of nitrogens with zero attached hydrogens (tertiary/aromatic N) is 1. The molecule has 0 heterocycles. The smallest absolute Gasteiger partial charge is 0.304 e. The second-order valence-corrected chi connectivity index (χ2v) is 4.64. The van der Waals surface area contributed by atoms with Crippen LogP contribution in [0.4, 0.5) is 4.39 Å². The fourth-order valence-electron chi connectivity index (χ4n) is 1.87. The molecule has 100 valence electrons. The van der Waals surface area contributed by atoms with E-state index in [9.17, 15) is 9.18 Å². The Bertz CT molecular complexity index is 423. The second-order valence-electron chi connectivity index (χ2n) is 4.64. The van der Waals surface area contributed by atoms with E-state index in [1.165, 1.54) is 6.07 Å². The van der Waals surface area contributed by atoms with E-state index in [-0.39, 0.29) is 12.2 Å². The first-order valence-corrected chi connectivity index (χ1v) is 5.79. The lowest BCUT2D eigenvalue weighted by Gasteiger charge is -2.20. The van der Waals surface area contributed by atoms with Gasteiger partial charge < -0.3 is 15.7 Å². The largest absolute Gasteiger partial charge is 0.481 e. The van der Waals surface area contributed by atoms with Gasteiger partial charge in [0.2, 0.25) is 0 Å². The molecule has 0 spiro atoms. The monoisotopic (exact) mass is 254 g/mol. The van der Waals surface area contributed by atoms with Crippen LogP contribution in [-0.2, 0) is 11.3 Å². The number of aliphatic carboxylic acids is 1. The minimum absolute atomic E-state index is 0.0488. The highest BCUT2D eigenvalue weighted by atomic mass is 19.1. The fraction of sp³-hybridized carbons (Fsp3) is 0.462. The van der Waals surface area contributed by atoms with Gasteiger partial charge in [0.25, 0.3) is 0 Å². The average Bonchev–Trinajstić information content (AvgIpc) is 2.21. The van der Waals surface area contributed by atoms with Gasteiger partial charge in [-0.05, 0) is 31.2 Å². The average molecular weight is 254 g/mol. The van der Waals surface area contributed by atoms with Crippen molar-refractivity contribution in [2.75, 3.05) is 13.6 Å². The first kappa shape index (κ1) is 14.6. The molecule has 0 amide bonds. The zero-order valence-electron chi connectivity index (χ0n) is 10.7. The summed E-state index contributed by atoms with van der Waals surface area (Å²) in [5.74, 6) is -1.11. The van der Waals surface area contributed by atoms with Crippen LogP contribution in [0, 0.1) is 12.7 Å². The Hall–Kier alpha value is -1.46. The Morgan fingerprint density at radius 2 is 2.22 bits per heavy atom. The minimum Gasteiger partial charge on any atom is -0.481 e. The zero-order valence-corrected chi connectivity index (χ0v) is 10.7. The number of rotatable bonds is 6. The van der Waals surface area contributed by atoms with Crippen molar-refractivity contribution < 1.29 is 14.3 Å². The normalized spacial score (nSPS) is 12.7. The van der Waals surface area contributed by atoms with Gasteiger partial charge in [0.15, 0.2) is 0 Å². The predicted molar refractivity (Wildman–Crippen MR) is 67.7 cm³/mol. The van der Waals surface area contributed by atoms with E-state index in [2.05, 4.69) is 0 Å². The summed E-state index contributed by atoms with van der Waals surface area (Å²) < 4.78 is 13.1. The zero-order chi connectivity index (χ0) is 13.7. The summed E-state index contributed by atoms with van der Waals surface area (Å²) in [6.45, 7) is 2.83. The minimum atomic E-state index is -0.895. The van der Waals surface area contributed by atoms with E-state index in [0.717, 1.165) is 5.56 Å². The maximum atomic E-state index is 13.1. The number of halogens is 1. The fourth-order valence-corrected chi connectivity index (χ4v) is 1.87. The van der Waals surface area contributed by atoms with Crippen LogP contribution < -0.4 is 5.73 Å². The van der Waals surface area contributed by atoms with Crippen molar-refractivity contribution >= 4 is 5.97 Å². The van der Waals surface area contributed by atoms with Crippen molar-refractivity contribution in [2.45, 2.75) is 25.9 Å². The molecule has 1 aromatic rings. The third-order valence-corrected chi connectivity index (χ3v) is 2.66. The standard InChI is InChI=1S/C13H19FN2O2/c1-9-5-10(3-4-12(9)14)7-16(2)8-11(15)6-13(17)18/h3-5,11H,6-8,15H2,1-2H3,(H,17,18). The summed E-state index contributed by atoms with van der Waals surface area (Å²) in [5.41, 5.74) is 7.29. The molecule has 0 aromatic heterocycles. The van der Waals surface area contributed by atoms with Crippen molar-refractivity contribution in [2.24, 2.45) is 5.73 Å². The third-order valence-electron chi connectivity index (χ3n) is 2.66. The SMILES string of the molecule is Cc1cc(CN(C)CC(N)CC(=O)O)ccc1F. The van der Waals surface area contributed by atoms with Crippen LogP contribution in [-0.4, -0.2) is 35.6 Å². The number of carbonyl (C=O) groups is 1. The van der Waals surface area contributed by atoms with Crippen LogP contribution in [0.2, 0.25) is 0 Å². The van der Waals surface area contributed by atoms with E-state index < -0.39 is 12.0 Å². The summed E-state index contributed by atoms with van der Waals surface area (Å²) in [4.78, 5) is 12.4. The molecule has 1 aromatic carbocycles. The van der Waals surface area contributed by atoms with Crippen LogP contribution in [0.25, 0.3) is 0 Å². The maximum Gasteiger partial charge on any atom is 0.304 e. The quantitative estimate of drug-likeness (QED) is 0.804. The van der Waals surface area contributed by atoms with Gasteiger partial charge in [-0.25, -0.2) is 4.39 Å². The number of nitrogens with two attached hydrogens (primary N) is 1. The van der Waals surface area contributed by atoms with E-state index in [1.54, 1.807) is 19.1 Å². The maximum absolute atomic E-state index is 13.1. The number of carboxylic acid groups (broad SMARTS) is 1. The number of carboxylic acids is 1. The Morgan fingerprint density at radius 3 is 2.78 bits per heavy atom. The van der Waals surface area contributed by atoms with Crippen molar-refractivity contribution in [3.05, 3.63) is 35.1 Å². The van der Waals surface area contributed by atoms with Gasteiger partial charge in [-0.2, -0.15) is 0 Å². The molecule has 0 radical (unpaired) electrons. The lowest BCUT2D eigenvalue weighted by atomic mass is 10.1. The van der Waals surface area contributed by atoms with Crippen molar-refractivity contribution in [3.63, 3.8) is 0 Å². The molecule has 5 heteroatoms. The van der Waals surface area contributed by atoms with E-state index >= 15 is 0 Å². The van der Waals surface area contributed by atoms with Gasteiger partial charge in [-0.3, -0.25) is 4.79 Å². The third kappa shape index (κ3) is 4.81. The van der Waals surface area contributed by atoms with Crippen LogP contribution in [0.1, 0.15) is 17.5 Å². The Labute approximate surface area is 106 Å². The van der Waals surface area contributed by atoms with Crippen LogP contribution in [0.3, 0.4) is 0 Å². The molecule has 0 bridgehead atoms. The van der Waals surface area contributed by atoms with Gasteiger partial charge in [-0.1, -0.05) is 12.1 Å². The van der Waals surface area contributed by atoms with E-state index in [1.807, 2.05) is 11.9 Å². The number of hydrogen-bond acceptors (Lipinski definition) is 3. The Morgan fingerprint density at radius 1 is 1.56 bits per heavy atom. The second kappa shape index (κ2) is 6.47. The van der Waals surface area contributed by atoms with Crippen LogP contribution >= 0.6 is 0 Å². The molecule has 0 aliphatic rings. The molecule has 0 fully saturated rings. The molecular formula is C13H19FN2O2. The van der Waals surface area contributed by atoms with Crippen molar-refractivity contribution in [3.8, 4) is 0 Å². The topological polar surface area (TPSA) is 66.6 Å². The summed E-state index contributed by atoms with van der Waals surface area (Å²) in [6, 6.07) is 4.56. The highest BCUT2D eigenvalue weighted by Gasteiger charge is 2.11. The van der Waals surface area contributed by atoms with Gasteiger partial charge in [0.1, 0.15) is 5.82 Å². The van der Waals surface area contributed by atoms with Crippen molar-refractivity contribution in [1.29, 1.82) is 0 Å². The van der Waals surface area contributed by atoms with E-state index in [4.69, 9.17) is 10.8 Å². The molecule has 1 unspecified atom stereocenters. The molecule has 1 rings (SSSR count).